The van der Waals surface area contributed by atoms with Gasteiger partial charge in [-0.15, -0.1) is 0 Å². The van der Waals surface area contributed by atoms with Gasteiger partial charge in [0, 0.05) is 20.2 Å². The average Bonchev–Trinajstić information content (AvgIpc) is 2.29. The molecule has 16 heavy (non-hydrogen) atoms. The van der Waals surface area contributed by atoms with Crippen LogP contribution in [0.5, 0.6) is 0 Å². The normalized spacial score (nSPS) is 12.4. The highest BCUT2D eigenvalue weighted by Gasteiger charge is 2.14. The van der Waals surface area contributed by atoms with E-state index in [1.807, 2.05) is 0 Å². The van der Waals surface area contributed by atoms with Crippen LogP contribution in [0.3, 0.4) is 0 Å². The number of hydrogen-bond acceptors (Lipinski definition) is 3. The van der Waals surface area contributed by atoms with Gasteiger partial charge in [-0.25, -0.2) is 0 Å². The van der Waals surface area contributed by atoms with Gasteiger partial charge in [0.1, 0.15) is 6.10 Å². The van der Waals surface area contributed by atoms with Gasteiger partial charge in [0.15, 0.2) is 0 Å². The third kappa shape index (κ3) is 7.65. The zero-order valence-corrected chi connectivity index (χ0v) is 10.6. The number of nitrogens with one attached hydrogen (secondary N) is 1. The Morgan fingerprint density at radius 1 is 1.25 bits per heavy atom. The predicted molar refractivity (Wildman–Crippen MR) is 66.2 cm³/mol. The summed E-state index contributed by atoms with van der Waals surface area (Å²) in [5.41, 5.74) is 5.38. The number of nitrogens with two attached hydrogens (primary N) is 1. The molecular weight excluding hydrogens is 204 g/mol. The molecule has 0 heterocycles. The zero-order valence-electron chi connectivity index (χ0n) is 10.6. The second-order valence-corrected chi connectivity index (χ2v) is 4.02. The van der Waals surface area contributed by atoms with Crippen molar-refractivity contribution in [3.05, 3.63) is 0 Å². The Labute approximate surface area is 98.9 Å². The lowest BCUT2D eigenvalue weighted by Gasteiger charge is -2.12. The fourth-order valence-electron chi connectivity index (χ4n) is 1.54. The van der Waals surface area contributed by atoms with Crippen LogP contribution in [0.15, 0.2) is 0 Å². The number of methoxy groups -OCH3 is 1. The van der Waals surface area contributed by atoms with E-state index < -0.39 is 6.10 Å². The topological polar surface area (TPSA) is 64.4 Å². The molecule has 0 fully saturated rings. The van der Waals surface area contributed by atoms with Crippen LogP contribution in [0.4, 0.5) is 0 Å². The maximum absolute atomic E-state index is 11.4. The number of rotatable bonds is 10. The molecule has 0 bridgehead atoms. The molecule has 96 valence electrons. The van der Waals surface area contributed by atoms with Crippen LogP contribution >= 0.6 is 0 Å². The summed E-state index contributed by atoms with van der Waals surface area (Å²) < 4.78 is 4.93. The summed E-state index contributed by atoms with van der Waals surface area (Å²) in [5.74, 6) is -0.0986. The number of hydrogen-bond donors (Lipinski definition) is 2. The van der Waals surface area contributed by atoms with E-state index in [-0.39, 0.29) is 12.5 Å². The Balaban J connectivity index is 3.33. The van der Waals surface area contributed by atoms with Crippen LogP contribution in [0.25, 0.3) is 0 Å². The number of carbonyl (C=O) groups excluding carboxylic acids is 1. The molecule has 0 aromatic rings. The van der Waals surface area contributed by atoms with E-state index in [1.165, 1.54) is 39.2 Å². The van der Waals surface area contributed by atoms with Gasteiger partial charge in [-0.05, 0) is 6.42 Å². The van der Waals surface area contributed by atoms with E-state index in [2.05, 4.69) is 12.2 Å². The van der Waals surface area contributed by atoms with Gasteiger partial charge in [0.2, 0.25) is 5.91 Å². The maximum atomic E-state index is 11.4. The highest BCUT2D eigenvalue weighted by atomic mass is 16.5. The molecule has 0 aliphatic carbocycles. The van der Waals surface area contributed by atoms with Crippen molar-refractivity contribution in [1.82, 2.24) is 5.32 Å². The van der Waals surface area contributed by atoms with Crippen molar-refractivity contribution < 1.29 is 9.53 Å². The van der Waals surface area contributed by atoms with E-state index in [4.69, 9.17) is 10.5 Å². The Morgan fingerprint density at radius 3 is 2.44 bits per heavy atom. The zero-order chi connectivity index (χ0) is 12.2. The number of unbranched alkanes of at least 4 members (excludes halogenated alkanes) is 5. The molecule has 0 aromatic carbocycles. The third-order valence-electron chi connectivity index (χ3n) is 2.62. The predicted octanol–water partition coefficient (Wildman–Crippen LogP) is 1.44. The SMILES string of the molecule is CCCCCCCCNC(=O)C(CN)OC. The van der Waals surface area contributed by atoms with Gasteiger partial charge in [-0.3, -0.25) is 4.79 Å². The minimum absolute atomic E-state index is 0.0986. The van der Waals surface area contributed by atoms with Crippen molar-refractivity contribution in [3.63, 3.8) is 0 Å². The van der Waals surface area contributed by atoms with Crippen molar-refractivity contribution >= 4 is 5.91 Å². The highest BCUT2D eigenvalue weighted by molar-refractivity contribution is 5.80. The van der Waals surface area contributed by atoms with E-state index in [9.17, 15) is 4.79 Å². The quantitative estimate of drug-likeness (QED) is 0.558. The Kier molecular flexibility index (Phi) is 10.5. The van der Waals surface area contributed by atoms with E-state index in [1.54, 1.807) is 0 Å². The molecule has 1 amide bonds. The molecule has 1 unspecified atom stereocenters. The highest BCUT2D eigenvalue weighted by Crippen LogP contribution is 2.04. The smallest absolute Gasteiger partial charge is 0.250 e. The van der Waals surface area contributed by atoms with E-state index in [0.29, 0.717) is 0 Å². The molecule has 1 atom stereocenters. The first-order valence-electron chi connectivity index (χ1n) is 6.26. The second-order valence-electron chi connectivity index (χ2n) is 4.02. The lowest BCUT2D eigenvalue weighted by molar-refractivity contribution is -0.130. The maximum Gasteiger partial charge on any atom is 0.250 e. The van der Waals surface area contributed by atoms with Crippen LogP contribution < -0.4 is 11.1 Å². The molecule has 0 spiro atoms. The molecule has 3 N–H and O–H groups in total. The van der Waals surface area contributed by atoms with Gasteiger partial charge >= 0.3 is 0 Å². The van der Waals surface area contributed by atoms with E-state index >= 15 is 0 Å². The van der Waals surface area contributed by atoms with Gasteiger partial charge in [0.05, 0.1) is 0 Å². The molecule has 0 saturated carbocycles. The fourth-order valence-corrected chi connectivity index (χ4v) is 1.54. The Morgan fingerprint density at radius 2 is 1.88 bits per heavy atom. The van der Waals surface area contributed by atoms with Gasteiger partial charge in [0.25, 0.3) is 0 Å². The van der Waals surface area contributed by atoms with E-state index in [0.717, 1.165) is 13.0 Å². The van der Waals surface area contributed by atoms with Crippen LogP contribution in [0.2, 0.25) is 0 Å². The molecule has 4 heteroatoms. The second kappa shape index (κ2) is 10.9. The summed E-state index contributed by atoms with van der Waals surface area (Å²) >= 11 is 0. The summed E-state index contributed by atoms with van der Waals surface area (Å²) in [6.07, 6.45) is 6.85. The molecular formula is C12H26N2O2. The van der Waals surface area contributed by atoms with Crippen molar-refractivity contribution in [3.8, 4) is 0 Å². The first-order valence-corrected chi connectivity index (χ1v) is 6.26. The lowest BCUT2D eigenvalue weighted by Crippen LogP contribution is -2.40. The third-order valence-corrected chi connectivity index (χ3v) is 2.62. The summed E-state index contributed by atoms with van der Waals surface area (Å²) in [5, 5.41) is 2.83. The first kappa shape index (κ1) is 15.4. The number of carbonyl (C=O) groups is 1. The van der Waals surface area contributed by atoms with Crippen LogP contribution in [-0.2, 0) is 9.53 Å². The van der Waals surface area contributed by atoms with Gasteiger partial charge in [-0.1, -0.05) is 39.0 Å². The molecule has 0 aromatic heterocycles. The summed E-state index contributed by atoms with van der Waals surface area (Å²) in [4.78, 5) is 11.4. The largest absolute Gasteiger partial charge is 0.370 e. The molecule has 0 rings (SSSR count). The average molecular weight is 230 g/mol. The summed E-state index contributed by atoms with van der Waals surface area (Å²) in [7, 11) is 1.50. The summed E-state index contributed by atoms with van der Waals surface area (Å²) in [6, 6.07) is 0. The Hall–Kier alpha value is -0.610. The van der Waals surface area contributed by atoms with Crippen LogP contribution in [0, 0.1) is 0 Å². The first-order chi connectivity index (χ1) is 7.76. The van der Waals surface area contributed by atoms with Crippen molar-refractivity contribution in [2.45, 2.75) is 51.6 Å². The molecule has 0 radical (unpaired) electrons. The van der Waals surface area contributed by atoms with Crippen molar-refractivity contribution in [2.75, 3.05) is 20.2 Å². The Bertz CT molecular complexity index is 170. The van der Waals surface area contributed by atoms with Crippen LogP contribution in [0.1, 0.15) is 45.4 Å². The minimum Gasteiger partial charge on any atom is -0.370 e. The molecule has 0 saturated heterocycles. The molecule has 0 aliphatic rings. The molecule has 0 aliphatic heterocycles. The minimum atomic E-state index is -0.500. The standard InChI is InChI=1S/C12H26N2O2/c1-3-4-5-6-7-8-9-14-12(15)11(10-13)16-2/h11H,3-10,13H2,1-2H3,(H,14,15). The summed E-state index contributed by atoms with van der Waals surface area (Å²) in [6.45, 7) is 3.17. The van der Waals surface area contributed by atoms with Crippen molar-refractivity contribution in [1.29, 1.82) is 0 Å². The monoisotopic (exact) mass is 230 g/mol. The van der Waals surface area contributed by atoms with Gasteiger partial charge in [-0.2, -0.15) is 0 Å². The van der Waals surface area contributed by atoms with Crippen LogP contribution in [-0.4, -0.2) is 32.2 Å². The number of amides is 1. The lowest BCUT2D eigenvalue weighted by atomic mass is 10.1. The number of ether oxygens (including phenoxy) is 1. The van der Waals surface area contributed by atoms with Gasteiger partial charge < -0.3 is 15.8 Å². The van der Waals surface area contributed by atoms with Crippen molar-refractivity contribution in [2.24, 2.45) is 5.73 Å². The fraction of sp³-hybridized carbons (Fsp3) is 0.917. The molecule has 4 nitrogen and oxygen atoms in total.